The lowest BCUT2D eigenvalue weighted by atomic mass is 10.0. The van der Waals surface area contributed by atoms with Gasteiger partial charge in [-0.15, -0.1) is 11.3 Å². The van der Waals surface area contributed by atoms with Gasteiger partial charge in [0.1, 0.15) is 35.6 Å². The van der Waals surface area contributed by atoms with Crippen molar-refractivity contribution in [1.82, 2.24) is 4.98 Å². The topological polar surface area (TPSA) is 112 Å². The van der Waals surface area contributed by atoms with Crippen LogP contribution in [0.2, 0.25) is 0 Å². The summed E-state index contributed by atoms with van der Waals surface area (Å²) in [5, 5.41) is 38.9. The Morgan fingerprint density at radius 2 is 2.04 bits per heavy atom. The second kappa shape index (κ2) is 6.89. The van der Waals surface area contributed by atoms with Crippen LogP contribution < -0.4 is 4.74 Å². The molecule has 5 atom stereocenters. The lowest BCUT2D eigenvalue weighted by Crippen LogP contribution is -2.57. The van der Waals surface area contributed by atoms with E-state index in [-0.39, 0.29) is 0 Å². The van der Waals surface area contributed by atoms with Crippen molar-refractivity contribution in [1.29, 1.82) is 0 Å². The molecule has 1 fully saturated rings. The van der Waals surface area contributed by atoms with E-state index in [1.807, 2.05) is 18.2 Å². The van der Waals surface area contributed by atoms with Crippen LogP contribution in [0.5, 0.6) is 5.75 Å². The van der Waals surface area contributed by atoms with Crippen molar-refractivity contribution in [2.24, 2.45) is 0 Å². The highest BCUT2D eigenvalue weighted by atomic mass is 32.2. The quantitative estimate of drug-likeness (QED) is 0.612. The number of aromatic nitrogens is 1. The van der Waals surface area contributed by atoms with Crippen LogP contribution in [-0.2, 0) is 4.74 Å². The first kappa shape index (κ1) is 16.9. The van der Waals surface area contributed by atoms with Gasteiger partial charge >= 0.3 is 0 Å². The van der Waals surface area contributed by atoms with Crippen LogP contribution in [0.3, 0.4) is 0 Å². The molecule has 0 saturated carbocycles. The lowest BCUT2D eigenvalue weighted by Gasteiger charge is -2.39. The Labute approximate surface area is 140 Å². The number of rotatable bonds is 4. The molecule has 0 amide bonds. The van der Waals surface area contributed by atoms with Crippen LogP contribution in [0.1, 0.15) is 0 Å². The summed E-state index contributed by atoms with van der Waals surface area (Å²) in [5.74, 6) is 0.727. The Morgan fingerprint density at radius 1 is 1.26 bits per heavy atom. The first-order chi connectivity index (χ1) is 11.0. The number of aliphatic hydroxyl groups is 4. The van der Waals surface area contributed by atoms with Gasteiger partial charge in [0.15, 0.2) is 4.34 Å². The molecular formula is C14H17NO6S2. The van der Waals surface area contributed by atoms with Crippen molar-refractivity contribution in [2.75, 3.05) is 13.7 Å². The first-order valence-electron chi connectivity index (χ1n) is 6.95. The van der Waals surface area contributed by atoms with Gasteiger partial charge in [0.25, 0.3) is 0 Å². The van der Waals surface area contributed by atoms with Crippen LogP contribution in [-0.4, -0.2) is 69.0 Å². The van der Waals surface area contributed by atoms with Crippen molar-refractivity contribution >= 4 is 33.3 Å². The van der Waals surface area contributed by atoms with Gasteiger partial charge in [-0.3, -0.25) is 0 Å². The zero-order valence-electron chi connectivity index (χ0n) is 12.2. The molecule has 1 aromatic carbocycles. The molecule has 0 spiro atoms. The second-order valence-corrected chi connectivity index (χ2v) is 7.50. The van der Waals surface area contributed by atoms with Crippen molar-refractivity contribution in [3.8, 4) is 5.75 Å². The maximum atomic E-state index is 10.1. The van der Waals surface area contributed by atoms with Gasteiger partial charge in [0, 0.05) is 0 Å². The van der Waals surface area contributed by atoms with E-state index >= 15 is 0 Å². The highest BCUT2D eigenvalue weighted by Crippen LogP contribution is 2.38. The number of aliphatic hydroxyl groups excluding tert-OH is 4. The van der Waals surface area contributed by atoms with E-state index < -0.39 is 36.5 Å². The van der Waals surface area contributed by atoms with Crippen LogP contribution in [0.25, 0.3) is 10.2 Å². The Morgan fingerprint density at radius 3 is 2.74 bits per heavy atom. The summed E-state index contributed by atoms with van der Waals surface area (Å²) in [5.41, 5.74) is -0.0316. The number of ether oxygens (including phenoxy) is 2. The number of hydrogen-bond donors (Lipinski definition) is 4. The molecule has 1 saturated heterocycles. The van der Waals surface area contributed by atoms with Crippen LogP contribution in [0.4, 0.5) is 0 Å². The molecule has 23 heavy (non-hydrogen) atoms. The van der Waals surface area contributed by atoms with E-state index in [1.54, 1.807) is 7.11 Å². The van der Waals surface area contributed by atoms with E-state index in [1.165, 1.54) is 11.3 Å². The molecule has 0 bridgehead atoms. The molecule has 2 aromatic rings. The fraction of sp³-hybridized carbons (Fsp3) is 0.500. The number of benzene rings is 1. The standard InChI is InChI=1S/C14H17NO6S2/c1-20-6-2-3-7-9(4-6)22-14(15-7)23-13-12(19)11(18)10(17)8(5-16)21-13/h2-4,8,10-13,16-19H,5H2,1H3/t8-,10+,11+,12-,13+/m1/s1. The van der Waals surface area contributed by atoms with E-state index in [2.05, 4.69) is 4.98 Å². The molecule has 0 aliphatic carbocycles. The minimum atomic E-state index is -1.38. The molecule has 126 valence electrons. The van der Waals surface area contributed by atoms with Gasteiger partial charge < -0.3 is 29.9 Å². The number of nitrogens with zero attached hydrogens (tertiary/aromatic N) is 1. The molecule has 4 N–H and O–H groups in total. The Kier molecular flexibility index (Phi) is 5.07. The summed E-state index contributed by atoms with van der Waals surface area (Å²) < 4.78 is 12.2. The fourth-order valence-corrected chi connectivity index (χ4v) is 4.65. The SMILES string of the molecule is COc1ccc2nc(S[C@@H]3O[C@H](CO)[C@H](O)[C@H](O)[C@H]3O)sc2c1. The van der Waals surface area contributed by atoms with Gasteiger partial charge in [0.05, 0.1) is 23.9 Å². The summed E-state index contributed by atoms with van der Waals surface area (Å²) >= 11 is 2.56. The van der Waals surface area contributed by atoms with Crippen LogP contribution in [0, 0.1) is 0 Å². The fourth-order valence-electron chi connectivity index (χ4n) is 2.33. The lowest BCUT2D eigenvalue weighted by molar-refractivity contribution is -0.205. The smallest absolute Gasteiger partial charge is 0.153 e. The summed E-state index contributed by atoms with van der Waals surface area (Å²) in [6.07, 6.45) is -4.93. The largest absolute Gasteiger partial charge is 0.497 e. The van der Waals surface area contributed by atoms with Gasteiger partial charge in [-0.2, -0.15) is 0 Å². The van der Waals surface area contributed by atoms with Crippen LogP contribution in [0.15, 0.2) is 22.5 Å². The van der Waals surface area contributed by atoms with Crippen molar-refractivity contribution in [2.45, 2.75) is 34.2 Å². The van der Waals surface area contributed by atoms with E-state index in [0.29, 0.717) is 4.34 Å². The Hall–Kier alpha value is -0.940. The summed E-state index contributed by atoms with van der Waals surface area (Å²) in [6, 6.07) is 5.51. The Bertz CT molecular complexity index is 678. The molecule has 3 rings (SSSR count). The van der Waals surface area contributed by atoms with Gasteiger partial charge in [-0.05, 0) is 18.2 Å². The summed E-state index contributed by atoms with van der Waals surface area (Å²) in [7, 11) is 1.59. The third-order valence-corrected chi connectivity index (χ3v) is 5.91. The minimum Gasteiger partial charge on any atom is -0.497 e. The first-order valence-corrected chi connectivity index (χ1v) is 8.65. The zero-order valence-corrected chi connectivity index (χ0v) is 13.8. The zero-order chi connectivity index (χ0) is 16.6. The highest BCUT2D eigenvalue weighted by Gasteiger charge is 2.44. The molecule has 7 nitrogen and oxygen atoms in total. The molecule has 0 unspecified atom stereocenters. The molecule has 2 heterocycles. The molecular weight excluding hydrogens is 342 g/mol. The normalized spacial score (nSPS) is 31.4. The van der Waals surface area contributed by atoms with E-state index in [0.717, 1.165) is 27.7 Å². The molecule has 9 heteroatoms. The van der Waals surface area contributed by atoms with Crippen molar-refractivity contribution in [3.05, 3.63) is 18.2 Å². The van der Waals surface area contributed by atoms with Crippen molar-refractivity contribution in [3.63, 3.8) is 0 Å². The molecule has 1 aromatic heterocycles. The predicted octanol–water partition coefficient (Wildman–Crippen LogP) is 0.197. The van der Waals surface area contributed by atoms with E-state index in [9.17, 15) is 20.4 Å². The third-order valence-electron chi connectivity index (χ3n) is 3.64. The molecule has 0 radical (unpaired) electrons. The molecule has 1 aliphatic rings. The van der Waals surface area contributed by atoms with Gasteiger partial charge in [-0.25, -0.2) is 4.98 Å². The second-order valence-electron chi connectivity index (χ2n) is 5.13. The maximum absolute atomic E-state index is 10.1. The number of thiazole rings is 1. The number of hydrogen-bond acceptors (Lipinski definition) is 9. The van der Waals surface area contributed by atoms with Crippen molar-refractivity contribution < 1.29 is 29.9 Å². The average Bonchev–Trinajstić information content (AvgIpc) is 2.96. The van der Waals surface area contributed by atoms with E-state index in [4.69, 9.17) is 9.47 Å². The maximum Gasteiger partial charge on any atom is 0.153 e. The monoisotopic (exact) mass is 359 g/mol. The van der Waals surface area contributed by atoms with Gasteiger partial charge in [-0.1, -0.05) is 11.8 Å². The number of fused-ring (bicyclic) bond motifs is 1. The summed E-state index contributed by atoms with van der Waals surface area (Å²) in [4.78, 5) is 4.44. The summed E-state index contributed by atoms with van der Waals surface area (Å²) in [6.45, 7) is -0.445. The number of thioether (sulfide) groups is 1. The highest BCUT2D eigenvalue weighted by molar-refractivity contribution is 8.01. The van der Waals surface area contributed by atoms with Crippen LogP contribution >= 0.6 is 23.1 Å². The Balaban J connectivity index is 1.80. The number of methoxy groups -OCH3 is 1. The minimum absolute atomic E-state index is 0.445. The average molecular weight is 359 g/mol. The van der Waals surface area contributed by atoms with Gasteiger partial charge in [0.2, 0.25) is 0 Å². The predicted molar refractivity (Wildman–Crippen MR) is 85.8 cm³/mol. The third kappa shape index (κ3) is 3.31. The molecule has 1 aliphatic heterocycles.